The van der Waals surface area contributed by atoms with Crippen molar-refractivity contribution < 1.29 is 28.6 Å². The van der Waals surface area contributed by atoms with E-state index in [4.69, 9.17) is 14.2 Å². The van der Waals surface area contributed by atoms with Gasteiger partial charge in [-0.1, -0.05) is 26.0 Å². The summed E-state index contributed by atoms with van der Waals surface area (Å²) in [4.78, 5) is 39.9. The molecular formula is C25H27NO6. The lowest BCUT2D eigenvalue weighted by Crippen LogP contribution is -2.48. The van der Waals surface area contributed by atoms with Crippen LogP contribution in [0.4, 0.5) is 0 Å². The number of carbonyl (C=O) groups is 3. The highest BCUT2D eigenvalue weighted by atomic mass is 16.5. The number of hydrogen-bond donors (Lipinski definition) is 0. The number of benzene rings is 2. The van der Waals surface area contributed by atoms with Gasteiger partial charge in [-0.3, -0.25) is 14.5 Å². The van der Waals surface area contributed by atoms with E-state index in [9.17, 15) is 14.4 Å². The standard InChI is InChI=1S/C25H27NO6/c1-5-30-20-11-16-10-15(4)32-21(16)12-17(20)13-31-25(29)22(14(2)3)26-23(27)18-8-6-7-9-19(18)24(26)28/h6-9,11-12,14-15,22H,5,10,13H2,1-4H3/t15?,22-/m0/s1. The van der Waals surface area contributed by atoms with Crippen molar-refractivity contribution in [2.45, 2.75) is 52.9 Å². The lowest BCUT2D eigenvalue weighted by Gasteiger charge is -2.27. The minimum Gasteiger partial charge on any atom is -0.493 e. The number of carbonyl (C=O) groups excluding carboxylic acids is 3. The second-order valence-electron chi connectivity index (χ2n) is 8.46. The minimum atomic E-state index is -1.02. The molecule has 4 rings (SSSR count). The molecule has 32 heavy (non-hydrogen) atoms. The van der Waals surface area contributed by atoms with Crippen LogP contribution >= 0.6 is 0 Å². The largest absolute Gasteiger partial charge is 0.493 e. The molecule has 0 fully saturated rings. The van der Waals surface area contributed by atoms with Crippen LogP contribution in [0.5, 0.6) is 11.5 Å². The second kappa shape index (κ2) is 8.65. The van der Waals surface area contributed by atoms with Gasteiger partial charge in [0.15, 0.2) is 0 Å². The molecule has 0 radical (unpaired) electrons. The number of imide groups is 1. The van der Waals surface area contributed by atoms with Gasteiger partial charge in [0.25, 0.3) is 11.8 Å². The van der Waals surface area contributed by atoms with Crippen molar-refractivity contribution in [1.29, 1.82) is 0 Å². The molecule has 2 atom stereocenters. The van der Waals surface area contributed by atoms with E-state index in [2.05, 4.69) is 0 Å². The molecule has 0 saturated heterocycles. The smallest absolute Gasteiger partial charge is 0.329 e. The quantitative estimate of drug-likeness (QED) is 0.484. The summed E-state index contributed by atoms with van der Waals surface area (Å²) >= 11 is 0. The molecule has 0 saturated carbocycles. The van der Waals surface area contributed by atoms with E-state index >= 15 is 0 Å². The van der Waals surface area contributed by atoms with Crippen LogP contribution in [0.2, 0.25) is 0 Å². The SMILES string of the molecule is CCOc1cc2c(cc1COC(=O)[C@H](C(C)C)N1C(=O)c3ccccc3C1=O)OC(C)C2. The van der Waals surface area contributed by atoms with E-state index in [1.807, 2.05) is 26.0 Å². The Kier molecular flexibility index (Phi) is 5.91. The Morgan fingerprint density at radius 2 is 1.81 bits per heavy atom. The number of amides is 2. The van der Waals surface area contributed by atoms with Crippen molar-refractivity contribution in [3.8, 4) is 11.5 Å². The van der Waals surface area contributed by atoms with Crippen molar-refractivity contribution in [3.63, 3.8) is 0 Å². The molecule has 2 aromatic rings. The fourth-order valence-electron chi connectivity index (χ4n) is 4.25. The van der Waals surface area contributed by atoms with Gasteiger partial charge in [0.1, 0.15) is 30.3 Å². The average molecular weight is 437 g/mol. The highest BCUT2D eigenvalue weighted by Gasteiger charge is 2.44. The maximum atomic E-state index is 13.1. The third kappa shape index (κ3) is 3.83. The molecule has 2 amide bonds. The zero-order chi connectivity index (χ0) is 23.0. The van der Waals surface area contributed by atoms with Gasteiger partial charge in [-0.2, -0.15) is 0 Å². The number of nitrogens with zero attached hydrogens (tertiary/aromatic N) is 1. The predicted molar refractivity (Wildman–Crippen MR) is 117 cm³/mol. The second-order valence-corrected chi connectivity index (χ2v) is 8.46. The first-order valence-corrected chi connectivity index (χ1v) is 10.9. The van der Waals surface area contributed by atoms with Gasteiger partial charge in [-0.05, 0) is 44.0 Å². The lowest BCUT2D eigenvalue weighted by atomic mass is 10.0. The Hall–Kier alpha value is -3.35. The summed E-state index contributed by atoms with van der Waals surface area (Å²) in [6, 6.07) is 9.32. The van der Waals surface area contributed by atoms with E-state index in [1.54, 1.807) is 38.1 Å². The molecule has 0 bridgehead atoms. The van der Waals surface area contributed by atoms with Gasteiger partial charge in [-0.15, -0.1) is 0 Å². The first-order chi connectivity index (χ1) is 15.3. The average Bonchev–Trinajstić information content (AvgIpc) is 3.24. The molecule has 168 valence electrons. The molecule has 7 heteroatoms. The van der Waals surface area contributed by atoms with Crippen LogP contribution in [0.15, 0.2) is 36.4 Å². The first kappa shape index (κ1) is 21.9. The fourth-order valence-corrected chi connectivity index (χ4v) is 4.25. The van der Waals surface area contributed by atoms with Crippen LogP contribution in [-0.2, 0) is 22.6 Å². The number of esters is 1. The summed E-state index contributed by atoms with van der Waals surface area (Å²) in [6.45, 7) is 7.87. The van der Waals surface area contributed by atoms with E-state index in [0.29, 0.717) is 29.0 Å². The molecule has 0 N–H and O–H groups in total. The molecule has 2 aliphatic rings. The van der Waals surface area contributed by atoms with Crippen LogP contribution in [0.25, 0.3) is 0 Å². The van der Waals surface area contributed by atoms with Crippen molar-refractivity contribution in [3.05, 3.63) is 58.7 Å². The normalized spacial score (nSPS) is 17.8. The molecule has 7 nitrogen and oxygen atoms in total. The van der Waals surface area contributed by atoms with Gasteiger partial charge >= 0.3 is 5.97 Å². The molecular weight excluding hydrogens is 410 g/mol. The Morgan fingerprint density at radius 3 is 2.41 bits per heavy atom. The van der Waals surface area contributed by atoms with E-state index < -0.39 is 23.8 Å². The summed E-state index contributed by atoms with van der Waals surface area (Å²) in [6.07, 6.45) is 0.876. The predicted octanol–water partition coefficient (Wildman–Crippen LogP) is 3.77. The number of hydrogen-bond acceptors (Lipinski definition) is 6. The zero-order valence-corrected chi connectivity index (χ0v) is 18.7. The molecule has 0 spiro atoms. The topological polar surface area (TPSA) is 82.1 Å². The zero-order valence-electron chi connectivity index (χ0n) is 18.7. The van der Waals surface area contributed by atoms with Crippen molar-refractivity contribution in [2.75, 3.05) is 6.61 Å². The maximum Gasteiger partial charge on any atom is 0.329 e. The Bertz CT molecular complexity index is 1040. The van der Waals surface area contributed by atoms with Gasteiger partial charge in [-0.25, -0.2) is 4.79 Å². The summed E-state index contributed by atoms with van der Waals surface area (Å²) in [5.41, 5.74) is 2.35. The van der Waals surface area contributed by atoms with E-state index in [1.165, 1.54) is 0 Å². The lowest BCUT2D eigenvalue weighted by molar-refractivity contribution is -0.151. The molecule has 2 aliphatic heterocycles. The molecule has 0 aliphatic carbocycles. The van der Waals surface area contributed by atoms with Crippen LogP contribution in [-0.4, -0.2) is 41.4 Å². The molecule has 2 aromatic carbocycles. The van der Waals surface area contributed by atoms with Crippen LogP contribution in [0.3, 0.4) is 0 Å². The van der Waals surface area contributed by atoms with Crippen LogP contribution in [0.1, 0.15) is 59.5 Å². The minimum absolute atomic E-state index is 0.0500. The highest BCUT2D eigenvalue weighted by molar-refractivity contribution is 6.22. The van der Waals surface area contributed by atoms with Gasteiger partial charge in [0.2, 0.25) is 0 Å². The highest BCUT2D eigenvalue weighted by Crippen LogP contribution is 2.36. The van der Waals surface area contributed by atoms with Gasteiger partial charge < -0.3 is 14.2 Å². The van der Waals surface area contributed by atoms with Crippen molar-refractivity contribution in [1.82, 2.24) is 4.90 Å². The van der Waals surface area contributed by atoms with E-state index in [0.717, 1.165) is 22.6 Å². The number of rotatable bonds is 7. The summed E-state index contributed by atoms with van der Waals surface area (Å²) < 4.78 is 17.2. The molecule has 2 heterocycles. The molecule has 0 aromatic heterocycles. The number of fused-ring (bicyclic) bond motifs is 2. The summed E-state index contributed by atoms with van der Waals surface area (Å²) in [5.74, 6) is -0.509. The fraction of sp³-hybridized carbons (Fsp3) is 0.400. The monoisotopic (exact) mass is 437 g/mol. The van der Waals surface area contributed by atoms with Gasteiger partial charge in [0, 0.05) is 17.5 Å². The van der Waals surface area contributed by atoms with Crippen LogP contribution < -0.4 is 9.47 Å². The Morgan fingerprint density at radius 1 is 1.16 bits per heavy atom. The Labute approximate surface area is 187 Å². The van der Waals surface area contributed by atoms with Crippen molar-refractivity contribution in [2.24, 2.45) is 5.92 Å². The van der Waals surface area contributed by atoms with Gasteiger partial charge in [0.05, 0.1) is 17.7 Å². The summed E-state index contributed by atoms with van der Waals surface area (Å²) in [5, 5.41) is 0. The summed E-state index contributed by atoms with van der Waals surface area (Å²) in [7, 11) is 0. The number of ether oxygens (including phenoxy) is 3. The van der Waals surface area contributed by atoms with Crippen LogP contribution in [0, 0.1) is 5.92 Å². The maximum absolute atomic E-state index is 13.1. The van der Waals surface area contributed by atoms with Crippen molar-refractivity contribution >= 4 is 17.8 Å². The van der Waals surface area contributed by atoms with E-state index in [-0.39, 0.29) is 18.6 Å². The molecule has 1 unspecified atom stereocenters. The third-order valence-corrected chi connectivity index (χ3v) is 5.73. The first-order valence-electron chi connectivity index (χ1n) is 10.9. The Balaban J connectivity index is 1.55. The third-order valence-electron chi connectivity index (χ3n) is 5.73.